The van der Waals surface area contributed by atoms with Crippen LogP contribution in [0.5, 0.6) is 0 Å². The molecule has 1 rings (SSSR count). The van der Waals surface area contributed by atoms with Gasteiger partial charge in [-0.15, -0.1) is 0 Å². The molecule has 0 fully saturated rings. The SMILES string of the molecule is CCC[C@H](N)C(=O)N[C@H](C)c1ccccc1Br. The van der Waals surface area contributed by atoms with Gasteiger partial charge in [-0.25, -0.2) is 0 Å². The third-order valence-electron chi connectivity index (χ3n) is 2.67. The summed E-state index contributed by atoms with van der Waals surface area (Å²) < 4.78 is 0.997. The molecule has 0 aliphatic heterocycles. The predicted molar refractivity (Wildman–Crippen MR) is 73.6 cm³/mol. The molecule has 0 spiro atoms. The first-order chi connectivity index (χ1) is 8.06. The van der Waals surface area contributed by atoms with Crippen LogP contribution in [0.3, 0.4) is 0 Å². The molecular formula is C13H19BrN2O. The van der Waals surface area contributed by atoms with E-state index in [0.29, 0.717) is 6.42 Å². The smallest absolute Gasteiger partial charge is 0.237 e. The summed E-state index contributed by atoms with van der Waals surface area (Å²) >= 11 is 3.47. The molecule has 0 aromatic heterocycles. The molecule has 0 aliphatic rings. The number of rotatable bonds is 5. The third kappa shape index (κ3) is 4.13. The zero-order valence-corrected chi connectivity index (χ0v) is 11.8. The lowest BCUT2D eigenvalue weighted by Gasteiger charge is -2.18. The number of amides is 1. The number of hydrogen-bond donors (Lipinski definition) is 2. The third-order valence-corrected chi connectivity index (χ3v) is 3.39. The fraction of sp³-hybridized carbons (Fsp3) is 0.462. The minimum absolute atomic E-state index is 0.0408. The summed E-state index contributed by atoms with van der Waals surface area (Å²) in [5.41, 5.74) is 6.83. The number of carbonyl (C=O) groups excluding carboxylic acids is 1. The lowest BCUT2D eigenvalue weighted by Crippen LogP contribution is -2.41. The molecular weight excluding hydrogens is 280 g/mol. The fourth-order valence-electron chi connectivity index (χ4n) is 1.67. The topological polar surface area (TPSA) is 55.1 Å². The van der Waals surface area contributed by atoms with Crippen molar-refractivity contribution in [3.63, 3.8) is 0 Å². The summed E-state index contributed by atoms with van der Waals surface area (Å²) in [4.78, 5) is 11.8. The van der Waals surface area contributed by atoms with Crippen molar-refractivity contribution in [1.82, 2.24) is 5.32 Å². The van der Waals surface area contributed by atoms with E-state index in [0.717, 1.165) is 16.5 Å². The molecule has 0 unspecified atom stereocenters. The van der Waals surface area contributed by atoms with Gasteiger partial charge in [0, 0.05) is 4.47 Å². The molecule has 0 bridgehead atoms. The summed E-state index contributed by atoms with van der Waals surface area (Å²) in [6.07, 6.45) is 1.63. The van der Waals surface area contributed by atoms with Gasteiger partial charge in [-0.1, -0.05) is 47.5 Å². The van der Waals surface area contributed by atoms with Gasteiger partial charge in [-0.3, -0.25) is 4.79 Å². The van der Waals surface area contributed by atoms with Gasteiger partial charge in [0.15, 0.2) is 0 Å². The fourth-order valence-corrected chi connectivity index (χ4v) is 2.29. The second-order valence-corrected chi connectivity index (χ2v) is 5.00. The van der Waals surface area contributed by atoms with Crippen molar-refractivity contribution in [1.29, 1.82) is 0 Å². The van der Waals surface area contributed by atoms with Crippen LogP contribution in [0.1, 0.15) is 38.3 Å². The number of nitrogens with one attached hydrogen (secondary N) is 1. The van der Waals surface area contributed by atoms with Crippen molar-refractivity contribution in [2.75, 3.05) is 0 Å². The zero-order chi connectivity index (χ0) is 12.8. The van der Waals surface area contributed by atoms with Gasteiger partial charge >= 0.3 is 0 Å². The maximum Gasteiger partial charge on any atom is 0.237 e. The van der Waals surface area contributed by atoms with E-state index in [1.165, 1.54) is 0 Å². The summed E-state index contributed by atoms with van der Waals surface area (Å²) in [5.74, 6) is -0.0879. The molecule has 1 aromatic carbocycles. The number of halogens is 1. The van der Waals surface area contributed by atoms with E-state index in [2.05, 4.69) is 21.2 Å². The first-order valence-electron chi connectivity index (χ1n) is 5.86. The second-order valence-electron chi connectivity index (χ2n) is 4.15. The molecule has 0 aliphatic carbocycles. The molecule has 1 amide bonds. The Hall–Kier alpha value is -0.870. The van der Waals surface area contributed by atoms with Crippen LogP contribution in [0.4, 0.5) is 0 Å². The average molecular weight is 299 g/mol. The minimum atomic E-state index is -0.412. The Morgan fingerprint density at radius 3 is 2.71 bits per heavy atom. The first-order valence-corrected chi connectivity index (χ1v) is 6.66. The Morgan fingerprint density at radius 1 is 1.47 bits per heavy atom. The molecule has 0 radical (unpaired) electrons. The van der Waals surface area contributed by atoms with E-state index in [1.807, 2.05) is 38.1 Å². The van der Waals surface area contributed by atoms with Gasteiger partial charge < -0.3 is 11.1 Å². The van der Waals surface area contributed by atoms with Crippen molar-refractivity contribution in [3.05, 3.63) is 34.3 Å². The summed E-state index contributed by atoms with van der Waals surface area (Å²) in [6, 6.07) is 7.40. The summed E-state index contributed by atoms with van der Waals surface area (Å²) in [5, 5.41) is 2.93. The Balaban J connectivity index is 2.63. The normalized spacial score (nSPS) is 14.1. The average Bonchev–Trinajstić information content (AvgIpc) is 2.29. The Bertz CT molecular complexity index is 381. The van der Waals surface area contributed by atoms with E-state index in [4.69, 9.17) is 5.73 Å². The Morgan fingerprint density at radius 2 is 2.12 bits per heavy atom. The van der Waals surface area contributed by atoms with E-state index in [9.17, 15) is 4.79 Å². The number of carbonyl (C=O) groups is 1. The number of hydrogen-bond acceptors (Lipinski definition) is 2. The molecule has 94 valence electrons. The molecule has 3 N–H and O–H groups in total. The monoisotopic (exact) mass is 298 g/mol. The first kappa shape index (κ1) is 14.2. The second kappa shape index (κ2) is 6.77. The highest BCUT2D eigenvalue weighted by atomic mass is 79.9. The molecule has 0 saturated heterocycles. The van der Waals surface area contributed by atoms with Crippen molar-refractivity contribution >= 4 is 21.8 Å². The lowest BCUT2D eigenvalue weighted by molar-refractivity contribution is -0.123. The van der Waals surface area contributed by atoms with Gasteiger partial charge in [0.25, 0.3) is 0 Å². The largest absolute Gasteiger partial charge is 0.348 e. The quantitative estimate of drug-likeness (QED) is 0.878. The van der Waals surface area contributed by atoms with Crippen LogP contribution in [-0.2, 0) is 4.79 Å². The highest BCUT2D eigenvalue weighted by Crippen LogP contribution is 2.22. The number of nitrogens with two attached hydrogens (primary N) is 1. The molecule has 3 nitrogen and oxygen atoms in total. The molecule has 4 heteroatoms. The van der Waals surface area contributed by atoms with Crippen LogP contribution in [0.2, 0.25) is 0 Å². The van der Waals surface area contributed by atoms with Crippen LogP contribution in [-0.4, -0.2) is 11.9 Å². The summed E-state index contributed by atoms with van der Waals surface area (Å²) in [6.45, 7) is 3.97. The van der Waals surface area contributed by atoms with E-state index in [-0.39, 0.29) is 11.9 Å². The van der Waals surface area contributed by atoms with E-state index >= 15 is 0 Å². The van der Waals surface area contributed by atoms with Crippen molar-refractivity contribution in [2.45, 2.75) is 38.8 Å². The van der Waals surface area contributed by atoms with E-state index < -0.39 is 6.04 Å². The molecule has 0 saturated carbocycles. The van der Waals surface area contributed by atoms with Crippen LogP contribution >= 0.6 is 15.9 Å². The Labute approximate surface area is 111 Å². The molecule has 1 aromatic rings. The van der Waals surface area contributed by atoms with Gasteiger partial charge in [-0.05, 0) is 25.0 Å². The maximum atomic E-state index is 11.8. The standard InChI is InChI=1S/C13H19BrN2O/c1-3-6-12(15)13(17)16-9(2)10-7-4-5-8-11(10)14/h4-5,7-9,12H,3,6,15H2,1-2H3,(H,16,17)/t9-,12+/m1/s1. The van der Waals surface area contributed by atoms with Crippen LogP contribution < -0.4 is 11.1 Å². The highest BCUT2D eigenvalue weighted by molar-refractivity contribution is 9.10. The molecule has 0 heterocycles. The van der Waals surface area contributed by atoms with Crippen molar-refractivity contribution in [2.24, 2.45) is 5.73 Å². The van der Waals surface area contributed by atoms with E-state index in [1.54, 1.807) is 0 Å². The maximum absolute atomic E-state index is 11.8. The van der Waals surface area contributed by atoms with Crippen molar-refractivity contribution in [3.8, 4) is 0 Å². The highest BCUT2D eigenvalue weighted by Gasteiger charge is 2.16. The van der Waals surface area contributed by atoms with Gasteiger partial charge in [0.1, 0.15) is 0 Å². The zero-order valence-electron chi connectivity index (χ0n) is 10.2. The molecule has 17 heavy (non-hydrogen) atoms. The van der Waals surface area contributed by atoms with Gasteiger partial charge in [-0.2, -0.15) is 0 Å². The van der Waals surface area contributed by atoms with Crippen LogP contribution in [0.25, 0.3) is 0 Å². The lowest BCUT2D eigenvalue weighted by atomic mass is 10.1. The Kier molecular flexibility index (Phi) is 5.65. The number of benzene rings is 1. The molecule has 2 atom stereocenters. The van der Waals surface area contributed by atoms with Gasteiger partial charge in [0.2, 0.25) is 5.91 Å². The van der Waals surface area contributed by atoms with Crippen LogP contribution in [0.15, 0.2) is 28.7 Å². The predicted octanol–water partition coefficient (Wildman–Crippen LogP) is 2.75. The van der Waals surface area contributed by atoms with Crippen LogP contribution in [0, 0.1) is 0 Å². The van der Waals surface area contributed by atoms with Gasteiger partial charge in [0.05, 0.1) is 12.1 Å². The summed E-state index contributed by atoms with van der Waals surface area (Å²) in [7, 11) is 0. The van der Waals surface area contributed by atoms with Crippen molar-refractivity contribution < 1.29 is 4.79 Å². The minimum Gasteiger partial charge on any atom is -0.348 e.